The molecule has 0 aliphatic heterocycles. The molecule has 1 aromatic heterocycles. The summed E-state index contributed by atoms with van der Waals surface area (Å²) in [6.07, 6.45) is 3.10. The van der Waals surface area contributed by atoms with E-state index < -0.39 is 15.8 Å². The molecule has 1 heterocycles. The molecule has 0 atom stereocenters. The van der Waals surface area contributed by atoms with Gasteiger partial charge in [-0.1, -0.05) is 29.5 Å². The molecule has 0 saturated heterocycles. The van der Waals surface area contributed by atoms with Crippen molar-refractivity contribution in [2.75, 3.05) is 11.6 Å². The Hall–Kier alpha value is -3.24. The number of carbonyl (C=O) groups excluding carboxylic acids is 1. The number of benzene rings is 2. The van der Waals surface area contributed by atoms with E-state index in [1.807, 2.05) is 13.0 Å². The Labute approximate surface area is 189 Å². The Kier molecular flexibility index (Phi) is 5.74. The standard InChI is InChI=1S/C22H21N3O5S2/c1-12-3-4-14(20(26)23-15-7-8-15)11-17(12)24-22-25-18(19(31-22)21(27)28)13-5-9-16(10-6-13)32(2,29)30/h3-6,9-11,15H,7-8H2,1-2H3,(H,23,26)(H,24,25)(H,27,28). The number of anilines is 2. The van der Waals surface area contributed by atoms with Crippen LogP contribution in [0.1, 0.15) is 38.4 Å². The molecule has 2 aromatic carbocycles. The number of nitrogens with zero attached hydrogens (tertiary/aromatic N) is 1. The SMILES string of the molecule is Cc1ccc(C(=O)NC2CC2)cc1Nc1nc(-c2ccc(S(C)(=O)=O)cc2)c(C(=O)O)s1. The van der Waals surface area contributed by atoms with E-state index in [0.29, 0.717) is 21.9 Å². The quantitative estimate of drug-likeness (QED) is 0.478. The molecule has 1 fully saturated rings. The third-order valence-electron chi connectivity index (χ3n) is 5.03. The summed E-state index contributed by atoms with van der Waals surface area (Å²) in [5.41, 5.74) is 2.77. The van der Waals surface area contributed by atoms with Gasteiger partial charge in [0.15, 0.2) is 15.0 Å². The fraction of sp³-hybridized carbons (Fsp3) is 0.227. The summed E-state index contributed by atoms with van der Waals surface area (Å²) in [6.45, 7) is 1.88. The first kappa shape index (κ1) is 22.0. The number of carbonyl (C=O) groups is 2. The van der Waals surface area contributed by atoms with Crippen LogP contribution in [0, 0.1) is 6.92 Å². The highest BCUT2D eigenvalue weighted by Crippen LogP contribution is 2.34. The van der Waals surface area contributed by atoms with E-state index in [4.69, 9.17) is 0 Å². The van der Waals surface area contributed by atoms with E-state index in [1.54, 1.807) is 12.1 Å². The summed E-state index contributed by atoms with van der Waals surface area (Å²) in [7, 11) is -3.36. The third kappa shape index (κ3) is 4.81. The average molecular weight is 472 g/mol. The first-order valence-corrected chi connectivity index (χ1v) is 12.6. The van der Waals surface area contributed by atoms with Gasteiger partial charge in [-0.15, -0.1) is 0 Å². The zero-order valence-corrected chi connectivity index (χ0v) is 19.0. The van der Waals surface area contributed by atoms with Crippen molar-refractivity contribution in [2.24, 2.45) is 0 Å². The molecular weight excluding hydrogens is 450 g/mol. The number of aryl methyl sites for hydroxylation is 1. The van der Waals surface area contributed by atoms with E-state index in [-0.39, 0.29) is 27.4 Å². The van der Waals surface area contributed by atoms with Gasteiger partial charge in [0.05, 0.1) is 10.6 Å². The van der Waals surface area contributed by atoms with Gasteiger partial charge in [-0.3, -0.25) is 4.79 Å². The zero-order chi connectivity index (χ0) is 23.0. The Morgan fingerprint density at radius 3 is 2.41 bits per heavy atom. The van der Waals surface area contributed by atoms with E-state index in [9.17, 15) is 23.1 Å². The molecule has 1 amide bonds. The number of hydrogen-bond acceptors (Lipinski definition) is 7. The molecule has 1 aliphatic rings. The highest BCUT2D eigenvalue weighted by Gasteiger charge is 2.24. The van der Waals surface area contributed by atoms with Crippen molar-refractivity contribution < 1.29 is 23.1 Å². The van der Waals surface area contributed by atoms with Crippen LogP contribution in [0.25, 0.3) is 11.3 Å². The molecular formula is C22H21N3O5S2. The van der Waals surface area contributed by atoms with Gasteiger partial charge in [0, 0.05) is 29.1 Å². The number of carboxylic acids is 1. The predicted molar refractivity (Wildman–Crippen MR) is 123 cm³/mol. The Morgan fingerprint density at radius 1 is 1.12 bits per heavy atom. The lowest BCUT2D eigenvalue weighted by atomic mass is 10.1. The highest BCUT2D eigenvalue weighted by atomic mass is 32.2. The minimum atomic E-state index is -3.36. The highest BCUT2D eigenvalue weighted by molar-refractivity contribution is 7.90. The lowest BCUT2D eigenvalue weighted by molar-refractivity contribution is 0.0702. The average Bonchev–Trinajstić information content (AvgIpc) is 3.44. The second-order valence-electron chi connectivity index (χ2n) is 7.70. The maximum absolute atomic E-state index is 12.4. The summed E-state index contributed by atoms with van der Waals surface area (Å²) in [6, 6.07) is 11.5. The number of aromatic carboxylic acids is 1. The van der Waals surface area contributed by atoms with Gasteiger partial charge in [-0.05, 0) is 49.6 Å². The number of rotatable bonds is 7. The smallest absolute Gasteiger partial charge is 0.348 e. The van der Waals surface area contributed by atoms with Crippen molar-refractivity contribution in [3.05, 3.63) is 58.5 Å². The second-order valence-corrected chi connectivity index (χ2v) is 10.7. The molecule has 0 bridgehead atoms. The zero-order valence-electron chi connectivity index (χ0n) is 17.4. The number of aromatic nitrogens is 1. The van der Waals surface area contributed by atoms with Gasteiger partial charge >= 0.3 is 5.97 Å². The summed E-state index contributed by atoms with van der Waals surface area (Å²) >= 11 is 0.970. The van der Waals surface area contributed by atoms with Gasteiger partial charge in [0.25, 0.3) is 5.91 Å². The maximum Gasteiger partial charge on any atom is 0.348 e. The van der Waals surface area contributed by atoms with E-state index in [1.165, 1.54) is 24.3 Å². The summed E-state index contributed by atoms with van der Waals surface area (Å²) in [5, 5.41) is 16.1. The molecule has 166 valence electrons. The van der Waals surface area contributed by atoms with Crippen LogP contribution >= 0.6 is 11.3 Å². The molecule has 4 rings (SSSR count). The van der Waals surface area contributed by atoms with Crippen LogP contribution in [0.4, 0.5) is 10.8 Å². The molecule has 10 heteroatoms. The lowest BCUT2D eigenvalue weighted by Gasteiger charge is -2.10. The minimum absolute atomic E-state index is 0.0277. The molecule has 8 nitrogen and oxygen atoms in total. The van der Waals surface area contributed by atoms with Gasteiger partial charge < -0.3 is 15.7 Å². The van der Waals surface area contributed by atoms with E-state index in [2.05, 4.69) is 15.6 Å². The Bertz CT molecular complexity index is 1310. The van der Waals surface area contributed by atoms with Crippen molar-refractivity contribution in [3.63, 3.8) is 0 Å². The maximum atomic E-state index is 12.4. The van der Waals surface area contributed by atoms with Crippen LogP contribution in [0.2, 0.25) is 0 Å². The van der Waals surface area contributed by atoms with Gasteiger partial charge in [0.1, 0.15) is 4.88 Å². The molecule has 0 radical (unpaired) electrons. The van der Waals surface area contributed by atoms with Crippen LogP contribution in [0.3, 0.4) is 0 Å². The van der Waals surface area contributed by atoms with Crippen LogP contribution in [-0.2, 0) is 9.84 Å². The number of hydrogen-bond donors (Lipinski definition) is 3. The molecule has 3 aromatic rings. The van der Waals surface area contributed by atoms with Crippen molar-refractivity contribution in [2.45, 2.75) is 30.7 Å². The Balaban J connectivity index is 1.64. The van der Waals surface area contributed by atoms with Crippen molar-refractivity contribution in [1.82, 2.24) is 10.3 Å². The summed E-state index contributed by atoms with van der Waals surface area (Å²) < 4.78 is 23.4. The lowest BCUT2D eigenvalue weighted by Crippen LogP contribution is -2.25. The van der Waals surface area contributed by atoms with Crippen molar-refractivity contribution in [1.29, 1.82) is 0 Å². The number of sulfone groups is 1. The fourth-order valence-electron chi connectivity index (χ4n) is 3.08. The van der Waals surface area contributed by atoms with Crippen LogP contribution < -0.4 is 10.6 Å². The molecule has 1 aliphatic carbocycles. The minimum Gasteiger partial charge on any atom is -0.477 e. The van der Waals surface area contributed by atoms with Gasteiger partial charge in [-0.25, -0.2) is 18.2 Å². The van der Waals surface area contributed by atoms with Crippen molar-refractivity contribution in [3.8, 4) is 11.3 Å². The van der Waals surface area contributed by atoms with Gasteiger partial charge in [-0.2, -0.15) is 0 Å². The molecule has 0 unspecified atom stereocenters. The number of amides is 1. The predicted octanol–water partition coefficient (Wildman–Crippen LogP) is 3.86. The molecule has 0 spiro atoms. The van der Waals surface area contributed by atoms with Crippen LogP contribution in [0.15, 0.2) is 47.4 Å². The summed E-state index contributed by atoms with van der Waals surface area (Å²) in [4.78, 5) is 28.8. The number of carboxylic acid groups (broad SMARTS) is 1. The van der Waals surface area contributed by atoms with Crippen molar-refractivity contribution >= 4 is 43.9 Å². The monoisotopic (exact) mass is 471 g/mol. The number of nitrogens with one attached hydrogen (secondary N) is 2. The first-order valence-electron chi connectivity index (χ1n) is 9.85. The van der Waals surface area contributed by atoms with Crippen LogP contribution in [-0.4, -0.2) is 42.7 Å². The van der Waals surface area contributed by atoms with E-state index >= 15 is 0 Å². The van der Waals surface area contributed by atoms with Gasteiger partial charge in [0.2, 0.25) is 0 Å². The van der Waals surface area contributed by atoms with E-state index in [0.717, 1.165) is 36.0 Å². The Morgan fingerprint density at radius 2 is 1.81 bits per heavy atom. The largest absolute Gasteiger partial charge is 0.477 e. The number of thiazole rings is 1. The summed E-state index contributed by atoms with van der Waals surface area (Å²) in [5.74, 6) is -1.28. The first-order chi connectivity index (χ1) is 15.1. The normalized spacial score (nSPS) is 13.6. The molecule has 32 heavy (non-hydrogen) atoms. The fourth-order valence-corrected chi connectivity index (χ4v) is 4.55. The van der Waals surface area contributed by atoms with Crippen LogP contribution in [0.5, 0.6) is 0 Å². The third-order valence-corrected chi connectivity index (χ3v) is 7.12. The topological polar surface area (TPSA) is 125 Å². The molecule has 1 saturated carbocycles. The molecule has 3 N–H and O–H groups in total. The second kappa shape index (κ2) is 8.36.